The molecule has 150 valence electrons. The van der Waals surface area contributed by atoms with Crippen LogP contribution in [-0.4, -0.2) is 22.3 Å². The number of hydrogen-bond acceptors (Lipinski definition) is 3. The van der Waals surface area contributed by atoms with Gasteiger partial charge in [0.2, 0.25) is 5.91 Å². The van der Waals surface area contributed by atoms with Gasteiger partial charge in [0.05, 0.1) is 16.3 Å². The first-order valence-electron chi connectivity index (χ1n) is 10.5. The third-order valence-electron chi connectivity index (χ3n) is 5.95. The van der Waals surface area contributed by atoms with Gasteiger partial charge in [-0.15, -0.1) is 11.3 Å². The Labute approximate surface area is 181 Å². The molecule has 1 saturated heterocycles. The van der Waals surface area contributed by atoms with Crippen LogP contribution in [0, 0.1) is 0 Å². The molecule has 3 nitrogen and oxygen atoms in total. The van der Waals surface area contributed by atoms with Crippen molar-refractivity contribution in [2.24, 2.45) is 0 Å². The van der Waals surface area contributed by atoms with Crippen LogP contribution in [0.25, 0.3) is 10.2 Å². The standard InChI is InChI=1S/C26H24N2OS/c29-25(18-21(19-10-3-1-4-11-19)20-12-5-2-6-13-20)28-17-9-15-23(28)26-27-22-14-7-8-16-24(22)30-26/h1-8,10-14,16,21,23H,9,15,17-18H2/t23-/m0/s1. The van der Waals surface area contributed by atoms with E-state index in [1.165, 1.54) is 15.8 Å². The molecule has 3 aromatic carbocycles. The van der Waals surface area contributed by atoms with Crippen molar-refractivity contribution in [3.8, 4) is 0 Å². The summed E-state index contributed by atoms with van der Waals surface area (Å²) < 4.78 is 1.19. The molecule has 0 bridgehead atoms. The number of nitrogens with zero attached hydrogens (tertiary/aromatic N) is 2. The van der Waals surface area contributed by atoms with E-state index in [1.807, 2.05) is 24.3 Å². The van der Waals surface area contributed by atoms with Crippen LogP contribution < -0.4 is 0 Å². The monoisotopic (exact) mass is 412 g/mol. The zero-order valence-electron chi connectivity index (χ0n) is 16.8. The molecule has 1 fully saturated rings. The highest BCUT2D eigenvalue weighted by atomic mass is 32.1. The molecular formula is C26H24N2OS. The number of fused-ring (bicyclic) bond motifs is 1. The molecule has 0 unspecified atom stereocenters. The molecule has 0 radical (unpaired) electrons. The third kappa shape index (κ3) is 3.75. The molecular weight excluding hydrogens is 388 g/mol. The second-order valence-electron chi connectivity index (χ2n) is 7.84. The SMILES string of the molecule is O=C(CC(c1ccccc1)c1ccccc1)N1CCC[C@H]1c1nc2ccccc2s1. The molecule has 0 N–H and O–H groups in total. The lowest BCUT2D eigenvalue weighted by molar-refractivity contribution is -0.132. The summed E-state index contributed by atoms with van der Waals surface area (Å²) in [5.74, 6) is 0.283. The van der Waals surface area contributed by atoms with E-state index < -0.39 is 0 Å². The van der Waals surface area contributed by atoms with E-state index in [-0.39, 0.29) is 17.9 Å². The Balaban J connectivity index is 1.42. The summed E-state index contributed by atoms with van der Waals surface area (Å²) in [6.07, 6.45) is 2.51. The van der Waals surface area contributed by atoms with Crippen LogP contribution in [0.3, 0.4) is 0 Å². The molecule has 1 aromatic heterocycles. The van der Waals surface area contributed by atoms with Gasteiger partial charge in [-0.05, 0) is 36.1 Å². The molecule has 1 aliphatic heterocycles. The van der Waals surface area contributed by atoms with Gasteiger partial charge in [0, 0.05) is 18.9 Å². The maximum Gasteiger partial charge on any atom is 0.224 e. The van der Waals surface area contributed by atoms with Crippen molar-refractivity contribution < 1.29 is 4.79 Å². The van der Waals surface area contributed by atoms with E-state index in [0.717, 1.165) is 29.9 Å². The third-order valence-corrected chi connectivity index (χ3v) is 7.09. The first-order chi connectivity index (χ1) is 14.8. The summed E-state index contributed by atoms with van der Waals surface area (Å²) >= 11 is 1.72. The van der Waals surface area contributed by atoms with Crippen molar-refractivity contribution in [1.82, 2.24) is 9.88 Å². The fourth-order valence-electron chi connectivity index (χ4n) is 4.45. The van der Waals surface area contributed by atoms with E-state index in [1.54, 1.807) is 11.3 Å². The lowest BCUT2D eigenvalue weighted by Gasteiger charge is -2.26. The zero-order chi connectivity index (χ0) is 20.3. The molecule has 1 atom stereocenters. The number of amides is 1. The molecule has 0 saturated carbocycles. The molecule has 1 aliphatic rings. The van der Waals surface area contributed by atoms with Crippen LogP contribution in [0.5, 0.6) is 0 Å². The molecule has 5 rings (SSSR count). The summed E-state index contributed by atoms with van der Waals surface area (Å²) in [7, 11) is 0. The number of thiazole rings is 1. The van der Waals surface area contributed by atoms with Crippen LogP contribution in [0.1, 0.15) is 47.4 Å². The van der Waals surface area contributed by atoms with Crippen molar-refractivity contribution in [3.63, 3.8) is 0 Å². The van der Waals surface area contributed by atoms with E-state index in [9.17, 15) is 4.79 Å². The summed E-state index contributed by atoms with van der Waals surface area (Å²) in [6.45, 7) is 0.815. The van der Waals surface area contributed by atoms with Gasteiger partial charge in [-0.3, -0.25) is 4.79 Å². The van der Waals surface area contributed by atoms with E-state index in [4.69, 9.17) is 4.98 Å². The van der Waals surface area contributed by atoms with Gasteiger partial charge in [-0.2, -0.15) is 0 Å². The number of benzene rings is 3. The minimum atomic E-state index is 0.0662. The smallest absolute Gasteiger partial charge is 0.224 e. The Morgan fingerprint density at radius 1 is 0.933 bits per heavy atom. The first-order valence-corrected chi connectivity index (χ1v) is 11.4. The number of likely N-dealkylation sites (tertiary alicyclic amines) is 1. The van der Waals surface area contributed by atoms with Crippen LogP contribution in [-0.2, 0) is 4.79 Å². The molecule has 30 heavy (non-hydrogen) atoms. The Hall–Kier alpha value is -2.98. The minimum Gasteiger partial charge on any atom is -0.333 e. The molecule has 2 heterocycles. The maximum atomic E-state index is 13.5. The largest absolute Gasteiger partial charge is 0.333 e. The van der Waals surface area contributed by atoms with Gasteiger partial charge in [0.1, 0.15) is 5.01 Å². The molecule has 0 aliphatic carbocycles. The highest BCUT2D eigenvalue weighted by Crippen LogP contribution is 2.38. The fourth-order valence-corrected chi connectivity index (χ4v) is 5.56. The highest BCUT2D eigenvalue weighted by Gasteiger charge is 2.33. The van der Waals surface area contributed by atoms with Gasteiger partial charge in [0.15, 0.2) is 0 Å². The van der Waals surface area contributed by atoms with Crippen molar-refractivity contribution in [2.75, 3.05) is 6.54 Å². The Kier molecular flexibility index (Phi) is 5.33. The van der Waals surface area contributed by atoms with Gasteiger partial charge in [-0.1, -0.05) is 72.8 Å². The zero-order valence-corrected chi connectivity index (χ0v) is 17.6. The Morgan fingerprint density at radius 3 is 2.23 bits per heavy atom. The van der Waals surface area contributed by atoms with Crippen molar-refractivity contribution in [2.45, 2.75) is 31.2 Å². The normalized spacial score (nSPS) is 16.4. The number of rotatable bonds is 5. The number of carbonyl (C=O) groups is 1. The minimum absolute atomic E-state index is 0.0662. The van der Waals surface area contributed by atoms with Crippen molar-refractivity contribution >= 4 is 27.5 Å². The van der Waals surface area contributed by atoms with E-state index >= 15 is 0 Å². The highest BCUT2D eigenvalue weighted by molar-refractivity contribution is 7.18. The molecule has 1 amide bonds. The number of para-hydroxylation sites is 1. The second-order valence-corrected chi connectivity index (χ2v) is 8.91. The average molecular weight is 413 g/mol. The molecule has 4 aromatic rings. The molecule has 4 heteroatoms. The predicted molar refractivity (Wildman–Crippen MR) is 123 cm³/mol. The lowest BCUT2D eigenvalue weighted by Crippen LogP contribution is -2.31. The summed E-state index contributed by atoms with van der Waals surface area (Å²) in [4.78, 5) is 20.4. The fraction of sp³-hybridized carbons (Fsp3) is 0.231. The van der Waals surface area contributed by atoms with E-state index in [0.29, 0.717) is 6.42 Å². The Bertz CT molecular complexity index is 1070. The predicted octanol–water partition coefficient (Wildman–Crippen LogP) is 6.18. The summed E-state index contributed by atoms with van der Waals surface area (Å²) in [5.41, 5.74) is 3.41. The van der Waals surface area contributed by atoms with Crippen LogP contribution in [0.15, 0.2) is 84.9 Å². The van der Waals surface area contributed by atoms with E-state index in [2.05, 4.69) is 65.6 Å². The van der Waals surface area contributed by atoms with Gasteiger partial charge < -0.3 is 4.90 Å². The number of aromatic nitrogens is 1. The number of carbonyl (C=O) groups excluding carboxylic acids is 1. The summed E-state index contributed by atoms with van der Waals surface area (Å²) in [6, 6.07) is 29.1. The van der Waals surface area contributed by atoms with Crippen molar-refractivity contribution in [3.05, 3.63) is 101 Å². The van der Waals surface area contributed by atoms with Crippen molar-refractivity contribution in [1.29, 1.82) is 0 Å². The second kappa shape index (κ2) is 8.41. The van der Waals surface area contributed by atoms with Crippen LogP contribution in [0.4, 0.5) is 0 Å². The van der Waals surface area contributed by atoms with Crippen LogP contribution >= 0.6 is 11.3 Å². The topological polar surface area (TPSA) is 33.2 Å². The van der Waals surface area contributed by atoms with Gasteiger partial charge in [0.25, 0.3) is 0 Å². The van der Waals surface area contributed by atoms with Gasteiger partial charge in [-0.25, -0.2) is 4.98 Å². The van der Waals surface area contributed by atoms with Gasteiger partial charge >= 0.3 is 0 Å². The Morgan fingerprint density at radius 2 is 1.57 bits per heavy atom. The summed E-state index contributed by atoms with van der Waals surface area (Å²) in [5, 5.41) is 1.07. The average Bonchev–Trinajstić information content (AvgIpc) is 3.45. The lowest BCUT2D eigenvalue weighted by atomic mass is 9.88. The maximum absolute atomic E-state index is 13.5. The number of hydrogen-bond donors (Lipinski definition) is 0. The molecule has 0 spiro atoms. The first kappa shape index (κ1) is 19.0. The quantitative estimate of drug-likeness (QED) is 0.392. The van der Waals surface area contributed by atoms with Crippen LogP contribution in [0.2, 0.25) is 0 Å².